The fourth-order valence-corrected chi connectivity index (χ4v) is 5.79. The lowest BCUT2D eigenvalue weighted by atomic mass is 9.93. The number of furan rings is 2. The fraction of sp³-hybridized carbons (Fsp3) is 0.483. The van der Waals surface area contributed by atoms with Crippen LogP contribution in [0.5, 0.6) is 0 Å². The Bertz CT molecular complexity index is 1370. The van der Waals surface area contributed by atoms with Crippen molar-refractivity contribution in [3.63, 3.8) is 0 Å². The highest BCUT2D eigenvalue weighted by atomic mass is 16.4. The molecule has 2 aromatic heterocycles. The number of fused-ring (bicyclic) bond motifs is 2. The van der Waals surface area contributed by atoms with Crippen LogP contribution < -0.4 is 5.43 Å². The average Bonchev–Trinajstić information content (AvgIpc) is 3.43. The van der Waals surface area contributed by atoms with Crippen molar-refractivity contribution in [1.82, 2.24) is 15.2 Å². The minimum absolute atomic E-state index is 0.0812. The third-order valence-electron chi connectivity index (χ3n) is 7.84. The van der Waals surface area contributed by atoms with Gasteiger partial charge in [0.1, 0.15) is 11.3 Å². The number of likely N-dealkylation sites (tertiary alicyclic amines) is 1. The van der Waals surface area contributed by atoms with Crippen LogP contribution in [0.1, 0.15) is 69.8 Å². The van der Waals surface area contributed by atoms with Crippen LogP contribution in [-0.2, 0) is 17.6 Å². The summed E-state index contributed by atoms with van der Waals surface area (Å²) in [6, 6.07) is 4.29. The number of carbonyl (C=O) groups is 2. The average molecular weight is 505 g/mol. The van der Waals surface area contributed by atoms with Crippen molar-refractivity contribution in [3.05, 3.63) is 57.7 Å². The Morgan fingerprint density at radius 1 is 1.16 bits per heavy atom. The zero-order valence-corrected chi connectivity index (χ0v) is 22.4. The molecule has 1 fully saturated rings. The number of aryl methyl sites for hydroxylation is 3. The van der Waals surface area contributed by atoms with E-state index in [1.807, 2.05) is 38.8 Å². The topological polar surface area (TPSA) is 91.3 Å². The van der Waals surface area contributed by atoms with Gasteiger partial charge in [-0.25, -0.2) is 5.43 Å². The Balaban J connectivity index is 1.32. The molecule has 0 unspecified atom stereocenters. The summed E-state index contributed by atoms with van der Waals surface area (Å²) in [5, 5.41) is 5.48. The first kappa shape index (κ1) is 25.3. The summed E-state index contributed by atoms with van der Waals surface area (Å²) in [5.41, 5.74) is 9.03. The zero-order chi connectivity index (χ0) is 26.3. The minimum atomic E-state index is -0.207. The van der Waals surface area contributed by atoms with E-state index in [0.29, 0.717) is 5.76 Å². The Labute approximate surface area is 217 Å². The highest BCUT2D eigenvalue weighted by Crippen LogP contribution is 2.31. The predicted molar refractivity (Wildman–Crippen MR) is 143 cm³/mol. The van der Waals surface area contributed by atoms with Crippen LogP contribution in [0.4, 0.5) is 0 Å². The van der Waals surface area contributed by atoms with Crippen LogP contribution in [0.2, 0.25) is 0 Å². The van der Waals surface area contributed by atoms with E-state index in [-0.39, 0.29) is 24.3 Å². The minimum Gasteiger partial charge on any atom is -0.464 e. The maximum atomic E-state index is 13.4. The van der Waals surface area contributed by atoms with E-state index in [0.717, 1.165) is 95.5 Å². The highest BCUT2D eigenvalue weighted by molar-refractivity contribution is 6.06. The van der Waals surface area contributed by atoms with E-state index in [2.05, 4.69) is 28.5 Å². The van der Waals surface area contributed by atoms with Crippen molar-refractivity contribution >= 4 is 28.5 Å². The number of piperidine rings is 1. The van der Waals surface area contributed by atoms with E-state index < -0.39 is 0 Å². The molecule has 1 aliphatic carbocycles. The molecule has 1 aromatic carbocycles. The first-order valence-corrected chi connectivity index (χ1v) is 13.1. The lowest BCUT2D eigenvalue weighted by Gasteiger charge is -2.34. The second-order valence-electron chi connectivity index (χ2n) is 10.6. The van der Waals surface area contributed by atoms with Crippen molar-refractivity contribution in [2.24, 2.45) is 5.10 Å². The number of hydrogen-bond donors (Lipinski definition) is 1. The number of hydrogen-bond acceptors (Lipinski definition) is 6. The lowest BCUT2D eigenvalue weighted by molar-refractivity contribution is -0.120. The molecule has 3 heterocycles. The maximum Gasteiger partial charge on any atom is 0.289 e. The van der Waals surface area contributed by atoms with Crippen molar-refractivity contribution < 1.29 is 18.4 Å². The van der Waals surface area contributed by atoms with Crippen molar-refractivity contribution in [1.29, 1.82) is 0 Å². The molecule has 196 valence electrons. The number of rotatable bonds is 5. The fourth-order valence-electron chi connectivity index (χ4n) is 5.79. The number of nitrogens with one attached hydrogen (secondary N) is 1. The van der Waals surface area contributed by atoms with E-state index >= 15 is 0 Å². The summed E-state index contributed by atoms with van der Waals surface area (Å²) in [6.45, 7) is 7.95. The summed E-state index contributed by atoms with van der Waals surface area (Å²) in [7, 11) is 3.98. The van der Waals surface area contributed by atoms with Gasteiger partial charge in [-0.1, -0.05) is 6.07 Å². The molecule has 2 aliphatic rings. The van der Waals surface area contributed by atoms with E-state index in [4.69, 9.17) is 8.83 Å². The molecule has 37 heavy (non-hydrogen) atoms. The normalized spacial score (nSPS) is 17.8. The molecule has 0 radical (unpaired) electrons. The van der Waals surface area contributed by atoms with Crippen LogP contribution in [0.3, 0.4) is 0 Å². The zero-order valence-electron chi connectivity index (χ0n) is 22.4. The number of benzene rings is 1. The van der Waals surface area contributed by atoms with Crippen LogP contribution in [0.25, 0.3) is 11.0 Å². The first-order chi connectivity index (χ1) is 17.7. The van der Waals surface area contributed by atoms with Gasteiger partial charge >= 0.3 is 0 Å². The van der Waals surface area contributed by atoms with Crippen molar-refractivity contribution in [3.8, 4) is 0 Å². The Hall–Kier alpha value is -3.39. The molecule has 1 N–H and O–H groups in total. The van der Waals surface area contributed by atoms with Gasteiger partial charge in [-0.15, -0.1) is 0 Å². The van der Waals surface area contributed by atoms with E-state index in [1.165, 1.54) is 0 Å². The summed E-state index contributed by atoms with van der Waals surface area (Å²) < 4.78 is 11.8. The Morgan fingerprint density at radius 2 is 1.92 bits per heavy atom. The Morgan fingerprint density at radius 3 is 2.68 bits per heavy atom. The number of hydrazone groups is 1. The number of carbonyl (C=O) groups excluding carboxylic acids is 2. The third kappa shape index (κ3) is 4.94. The van der Waals surface area contributed by atoms with Gasteiger partial charge in [-0.05, 0) is 83.8 Å². The summed E-state index contributed by atoms with van der Waals surface area (Å²) in [5.74, 6) is 0.885. The monoisotopic (exact) mass is 504 g/mol. The number of amides is 2. The van der Waals surface area contributed by atoms with Gasteiger partial charge in [0.05, 0.1) is 18.4 Å². The Kier molecular flexibility index (Phi) is 6.94. The van der Waals surface area contributed by atoms with Gasteiger partial charge in [-0.3, -0.25) is 9.59 Å². The van der Waals surface area contributed by atoms with Gasteiger partial charge in [0.25, 0.3) is 5.91 Å². The van der Waals surface area contributed by atoms with Crippen molar-refractivity contribution in [2.75, 3.05) is 27.2 Å². The maximum absolute atomic E-state index is 13.4. The van der Waals surface area contributed by atoms with Crippen molar-refractivity contribution in [2.45, 2.75) is 65.3 Å². The lowest BCUT2D eigenvalue weighted by Crippen LogP contribution is -2.44. The van der Waals surface area contributed by atoms with Crippen LogP contribution in [0, 0.1) is 20.8 Å². The predicted octanol–water partition coefficient (Wildman–Crippen LogP) is 4.52. The van der Waals surface area contributed by atoms with Gasteiger partial charge < -0.3 is 18.6 Å². The molecule has 1 aliphatic heterocycles. The SMILES string of the molecule is Cc1cc(C)c2c(CC(=O)N/N=C3\CCCc4oc(C(=O)N(C)C5CCN(C)CC5)c(C)c43)coc2c1. The van der Waals surface area contributed by atoms with Crippen LogP contribution >= 0.6 is 0 Å². The summed E-state index contributed by atoms with van der Waals surface area (Å²) in [4.78, 5) is 30.3. The quantitative estimate of drug-likeness (QED) is 0.516. The molecule has 0 saturated carbocycles. The summed E-state index contributed by atoms with van der Waals surface area (Å²) in [6.07, 6.45) is 6.09. The molecule has 2 amide bonds. The smallest absolute Gasteiger partial charge is 0.289 e. The standard InChI is InChI=1S/C29H36N4O4/c1-17-13-18(2)26-20(16-36-24(26)14-17)15-25(34)31-30-22-7-6-8-23-27(22)19(3)28(37-23)29(35)33(5)21-9-11-32(4)12-10-21/h13-14,16,21H,6-12,15H2,1-5H3,(H,31,34)/b30-22+. The largest absolute Gasteiger partial charge is 0.464 e. The van der Waals surface area contributed by atoms with Gasteiger partial charge in [0, 0.05) is 41.6 Å². The summed E-state index contributed by atoms with van der Waals surface area (Å²) >= 11 is 0. The molecule has 5 rings (SSSR count). The van der Waals surface area contributed by atoms with Gasteiger partial charge in [0.2, 0.25) is 5.91 Å². The molecule has 0 spiro atoms. The molecule has 8 heteroatoms. The van der Waals surface area contributed by atoms with Gasteiger partial charge in [-0.2, -0.15) is 5.10 Å². The first-order valence-electron chi connectivity index (χ1n) is 13.1. The van der Waals surface area contributed by atoms with E-state index in [9.17, 15) is 9.59 Å². The molecule has 8 nitrogen and oxygen atoms in total. The van der Waals surface area contributed by atoms with Gasteiger partial charge in [0.15, 0.2) is 5.76 Å². The molecule has 1 saturated heterocycles. The highest BCUT2D eigenvalue weighted by Gasteiger charge is 2.32. The molecule has 0 bridgehead atoms. The van der Waals surface area contributed by atoms with E-state index in [1.54, 1.807) is 6.26 Å². The molecule has 0 atom stereocenters. The van der Waals surface area contributed by atoms with Crippen LogP contribution in [0.15, 0.2) is 32.3 Å². The van der Waals surface area contributed by atoms with Crippen LogP contribution in [-0.4, -0.2) is 60.6 Å². The molecular formula is C29H36N4O4. The third-order valence-corrected chi connectivity index (χ3v) is 7.84. The number of nitrogens with zero attached hydrogens (tertiary/aromatic N) is 3. The molecular weight excluding hydrogens is 468 g/mol. The second kappa shape index (κ2) is 10.2. The second-order valence-corrected chi connectivity index (χ2v) is 10.6. The molecule has 3 aromatic rings.